The van der Waals surface area contributed by atoms with Gasteiger partial charge in [-0.3, -0.25) is 0 Å². The molecule has 0 unspecified atom stereocenters. The summed E-state index contributed by atoms with van der Waals surface area (Å²) in [5, 5.41) is 0. The second-order valence-corrected chi connectivity index (χ2v) is 11.0. The molecule has 0 atom stereocenters. The Kier molecular flexibility index (Phi) is 144. The molecular formula is C54H104. The number of rotatable bonds is 6. The summed E-state index contributed by atoms with van der Waals surface area (Å²) < 4.78 is 0. The second-order valence-electron chi connectivity index (χ2n) is 11.0. The lowest BCUT2D eigenvalue weighted by Gasteiger charge is -1.90. The summed E-state index contributed by atoms with van der Waals surface area (Å²) in [5.41, 5.74) is 5.30. The standard InChI is InChI=1S/C8H10.2C7H8.C7H16.C5H12.C4H10.C3H6.4C2H6.C2H4.C2H2.CH4/c1-7-3-5-8(2)6-4-7;2*1-7-5-3-2-4-6-7;1-3-5-7-6-4-2;1-3-5-4-2;1-4(2)3;1-3-2;6*1-2;/h3-6H,1-2H3;2*2-6H,1H3;3-7H2,1-2H3;3-5H2,1-2H3;4H,1-3H3;3H,1H2,2H3;4*1-2H3;1-2H2;1-2H;1H4. The molecule has 0 saturated heterocycles. The van der Waals surface area contributed by atoms with Crippen molar-refractivity contribution in [3.05, 3.63) is 133 Å². The monoisotopic (exact) mass is 753 g/mol. The summed E-state index contributed by atoms with van der Waals surface area (Å²) in [5.74, 6) is 0.833. The van der Waals surface area contributed by atoms with Gasteiger partial charge in [0.1, 0.15) is 0 Å². The minimum atomic E-state index is 0. The maximum Gasteiger partial charge on any atom is -0.0398 e. The van der Waals surface area contributed by atoms with Gasteiger partial charge < -0.3 is 0 Å². The minimum Gasteiger partial charge on any atom is -0.124 e. The summed E-state index contributed by atoms with van der Waals surface area (Å²) in [6, 6.07) is 29.0. The molecule has 0 aliphatic heterocycles. The number of terminal acetylenes is 1. The molecule has 3 aromatic rings. The average molecular weight is 753 g/mol. The number of allylic oxidation sites excluding steroid dienone is 1. The van der Waals surface area contributed by atoms with E-state index in [1.165, 1.54) is 73.6 Å². The minimum absolute atomic E-state index is 0. The van der Waals surface area contributed by atoms with Crippen LogP contribution in [0.5, 0.6) is 0 Å². The van der Waals surface area contributed by atoms with Gasteiger partial charge >= 0.3 is 0 Å². The third kappa shape index (κ3) is 135. The van der Waals surface area contributed by atoms with Crippen LogP contribution in [0.15, 0.2) is 111 Å². The molecule has 54 heavy (non-hydrogen) atoms. The number of aryl methyl sites for hydroxylation is 4. The van der Waals surface area contributed by atoms with Crippen LogP contribution in [0.3, 0.4) is 0 Å². The van der Waals surface area contributed by atoms with E-state index >= 15 is 0 Å². The van der Waals surface area contributed by atoms with E-state index in [-0.39, 0.29) is 7.43 Å². The van der Waals surface area contributed by atoms with Crippen LogP contribution in [0, 0.1) is 46.5 Å². The molecule has 0 saturated carbocycles. The first-order valence-electron chi connectivity index (χ1n) is 21.0. The van der Waals surface area contributed by atoms with Crippen molar-refractivity contribution in [2.45, 2.75) is 197 Å². The molecule has 3 rings (SSSR count). The molecule has 0 heteroatoms. The maximum absolute atomic E-state index is 4.00. The fourth-order valence-electron chi connectivity index (χ4n) is 2.74. The first-order valence-corrected chi connectivity index (χ1v) is 21.0. The highest BCUT2D eigenvalue weighted by atomic mass is 13.9. The predicted octanol–water partition coefficient (Wildman–Crippen LogP) is 20.1. The van der Waals surface area contributed by atoms with Crippen molar-refractivity contribution in [1.82, 2.24) is 0 Å². The number of benzene rings is 3. The molecule has 0 aliphatic carbocycles. The highest BCUT2D eigenvalue weighted by Crippen LogP contribution is 2.00. The van der Waals surface area contributed by atoms with Crippen molar-refractivity contribution in [2.24, 2.45) is 5.92 Å². The van der Waals surface area contributed by atoms with E-state index in [1.54, 1.807) is 6.08 Å². The van der Waals surface area contributed by atoms with Crippen LogP contribution in [0.1, 0.15) is 192 Å². The van der Waals surface area contributed by atoms with Crippen molar-refractivity contribution in [1.29, 1.82) is 0 Å². The molecule has 0 nitrogen and oxygen atoms in total. The summed E-state index contributed by atoms with van der Waals surface area (Å²) in [7, 11) is 0. The van der Waals surface area contributed by atoms with Crippen molar-refractivity contribution in [3.8, 4) is 12.8 Å². The fraction of sp³-hybridized carbons (Fsp3) is 0.556. The zero-order valence-electron chi connectivity index (χ0n) is 40.2. The average Bonchev–Trinajstić information content (AvgIpc) is 3.20. The third-order valence-corrected chi connectivity index (χ3v) is 5.01. The lowest BCUT2D eigenvalue weighted by atomic mass is 10.2. The second kappa shape index (κ2) is 97.9. The van der Waals surface area contributed by atoms with E-state index in [2.05, 4.69) is 157 Å². The van der Waals surface area contributed by atoms with Gasteiger partial charge in [-0.05, 0) is 40.5 Å². The molecule has 0 heterocycles. The molecule has 0 spiro atoms. The molecule has 0 amide bonds. The Morgan fingerprint density at radius 3 is 0.722 bits per heavy atom. The SMILES string of the molecule is C.C#C.C=C.C=CC.CC.CC.CC.CC.CC(C)C.CCCCC.CCCCCCC.Cc1ccc(C)cc1.Cc1ccccc1.Cc1ccccc1. The van der Waals surface area contributed by atoms with Crippen molar-refractivity contribution >= 4 is 0 Å². The van der Waals surface area contributed by atoms with Gasteiger partial charge in [-0.2, -0.15) is 0 Å². The molecule has 3 aromatic carbocycles. The number of hydrogen-bond donors (Lipinski definition) is 0. The van der Waals surface area contributed by atoms with Gasteiger partial charge in [0.2, 0.25) is 0 Å². The lowest BCUT2D eigenvalue weighted by molar-refractivity contribution is 0.656. The van der Waals surface area contributed by atoms with Crippen LogP contribution in [-0.4, -0.2) is 0 Å². The van der Waals surface area contributed by atoms with E-state index in [4.69, 9.17) is 0 Å². The zero-order valence-corrected chi connectivity index (χ0v) is 40.2. The Hall–Kier alpha value is -3.30. The highest BCUT2D eigenvalue weighted by Gasteiger charge is 1.81. The largest absolute Gasteiger partial charge is 0.124 e. The van der Waals surface area contributed by atoms with E-state index in [0.717, 1.165) is 5.92 Å². The molecule has 0 aromatic heterocycles. The third-order valence-electron chi connectivity index (χ3n) is 5.01. The van der Waals surface area contributed by atoms with Crippen molar-refractivity contribution < 1.29 is 0 Å². The van der Waals surface area contributed by atoms with Gasteiger partial charge in [-0.25, -0.2) is 0 Å². The molecule has 0 aliphatic rings. The van der Waals surface area contributed by atoms with Gasteiger partial charge in [-0.1, -0.05) is 276 Å². The molecule has 0 N–H and O–H groups in total. The smallest absolute Gasteiger partial charge is 0.0398 e. The Bertz CT molecular complexity index is 802. The van der Waals surface area contributed by atoms with Crippen LogP contribution in [0.2, 0.25) is 0 Å². The lowest BCUT2D eigenvalue weighted by Crippen LogP contribution is -1.70. The quantitative estimate of drug-likeness (QED) is 0.134. The fourth-order valence-corrected chi connectivity index (χ4v) is 2.74. The van der Waals surface area contributed by atoms with E-state index < -0.39 is 0 Å². The summed E-state index contributed by atoms with van der Waals surface area (Å²) in [6.45, 7) is 51.0. The van der Waals surface area contributed by atoms with Crippen LogP contribution >= 0.6 is 0 Å². The van der Waals surface area contributed by atoms with Crippen LogP contribution < -0.4 is 0 Å². The Balaban J connectivity index is -0.0000000428. The number of hydrogen-bond acceptors (Lipinski definition) is 0. The topological polar surface area (TPSA) is 0 Å². The van der Waals surface area contributed by atoms with Gasteiger partial charge in [0, 0.05) is 0 Å². The normalized spacial score (nSPS) is 7.09. The van der Waals surface area contributed by atoms with Crippen LogP contribution in [0.25, 0.3) is 0 Å². The first kappa shape index (κ1) is 79.5. The van der Waals surface area contributed by atoms with Gasteiger partial charge in [0.05, 0.1) is 0 Å². The first-order chi connectivity index (χ1) is 25.6. The molecule has 320 valence electrons. The maximum atomic E-state index is 4.00. The molecule has 0 fully saturated rings. The Morgan fingerprint density at radius 1 is 0.444 bits per heavy atom. The van der Waals surface area contributed by atoms with Crippen molar-refractivity contribution in [2.75, 3.05) is 0 Å². The van der Waals surface area contributed by atoms with Crippen LogP contribution in [-0.2, 0) is 0 Å². The van der Waals surface area contributed by atoms with Crippen molar-refractivity contribution in [3.63, 3.8) is 0 Å². The zero-order chi connectivity index (χ0) is 44.2. The van der Waals surface area contributed by atoms with Gasteiger partial charge in [0.25, 0.3) is 0 Å². The molecule has 0 radical (unpaired) electrons. The van der Waals surface area contributed by atoms with E-state index in [9.17, 15) is 0 Å². The van der Waals surface area contributed by atoms with E-state index in [0.29, 0.717) is 0 Å². The number of unbranched alkanes of at least 4 members (excludes halogenated alkanes) is 6. The Labute approximate surface area is 347 Å². The molecular weight excluding hydrogens is 649 g/mol. The predicted molar refractivity (Wildman–Crippen MR) is 268 cm³/mol. The summed E-state index contributed by atoms with van der Waals surface area (Å²) in [6.07, 6.45) is 20.8. The summed E-state index contributed by atoms with van der Waals surface area (Å²) in [4.78, 5) is 0. The molecule has 0 bridgehead atoms. The van der Waals surface area contributed by atoms with Gasteiger partial charge in [-0.15, -0.1) is 32.6 Å². The van der Waals surface area contributed by atoms with Crippen LogP contribution in [0.4, 0.5) is 0 Å². The Morgan fingerprint density at radius 2 is 0.611 bits per heavy atom. The van der Waals surface area contributed by atoms with E-state index in [1.807, 2.05) is 98.7 Å². The van der Waals surface area contributed by atoms with Gasteiger partial charge in [0.15, 0.2) is 0 Å². The highest BCUT2D eigenvalue weighted by molar-refractivity contribution is 5.19. The summed E-state index contributed by atoms with van der Waals surface area (Å²) >= 11 is 0.